The SMILES string of the molecule is C/C1=C/CCCCC(C)CC1C.CC. The minimum Gasteiger partial charge on any atom is -0.0853 e. The first-order chi connectivity index (χ1) is 6.70. The normalized spacial score (nSPS) is 32.5. The van der Waals surface area contributed by atoms with Crippen molar-refractivity contribution in [3.8, 4) is 0 Å². The molecule has 0 aliphatic heterocycles. The van der Waals surface area contributed by atoms with Crippen molar-refractivity contribution < 1.29 is 0 Å². The van der Waals surface area contributed by atoms with Crippen molar-refractivity contribution in [3.05, 3.63) is 11.6 Å². The predicted molar refractivity (Wildman–Crippen MR) is 66.5 cm³/mol. The molecule has 0 aromatic heterocycles. The molecular weight excluding hydrogens is 168 g/mol. The molecule has 0 saturated heterocycles. The minimum absolute atomic E-state index is 0.818. The highest BCUT2D eigenvalue weighted by Gasteiger charge is 2.11. The summed E-state index contributed by atoms with van der Waals surface area (Å²) in [4.78, 5) is 0. The van der Waals surface area contributed by atoms with E-state index in [4.69, 9.17) is 0 Å². The summed E-state index contributed by atoms with van der Waals surface area (Å²) in [6.45, 7) is 11.1. The summed E-state index contributed by atoms with van der Waals surface area (Å²) in [5, 5.41) is 0. The summed E-state index contributed by atoms with van der Waals surface area (Å²) in [5.41, 5.74) is 1.61. The molecule has 0 amide bonds. The van der Waals surface area contributed by atoms with E-state index in [1.165, 1.54) is 32.1 Å². The molecular formula is C14H28. The molecule has 1 aliphatic rings. The Morgan fingerprint density at radius 3 is 2.43 bits per heavy atom. The molecule has 0 aromatic rings. The van der Waals surface area contributed by atoms with Crippen LogP contribution in [0, 0.1) is 11.8 Å². The predicted octanol–water partition coefficient (Wildman–Crippen LogP) is 5.20. The average Bonchev–Trinajstić information content (AvgIpc) is 2.24. The molecule has 1 aliphatic carbocycles. The lowest BCUT2D eigenvalue weighted by molar-refractivity contribution is 0.419. The molecule has 0 fully saturated rings. The van der Waals surface area contributed by atoms with Gasteiger partial charge in [-0.15, -0.1) is 0 Å². The van der Waals surface area contributed by atoms with Gasteiger partial charge in [0.05, 0.1) is 0 Å². The lowest BCUT2D eigenvalue weighted by Crippen LogP contribution is -2.03. The van der Waals surface area contributed by atoms with Gasteiger partial charge < -0.3 is 0 Å². The monoisotopic (exact) mass is 196 g/mol. The molecule has 0 aromatic carbocycles. The number of hydrogen-bond acceptors (Lipinski definition) is 0. The summed E-state index contributed by atoms with van der Waals surface area (Å²) < 4.78 is 0. The molecule has 2 unspecified atom stereocenters. The highest BCUT2D eigenvalue weighted by molar-refractivity contribution is 5.02. The third-order valence-electron chi connectivity index (χ3n) is 3.15. The van der Waals surface area contributed by atoms with Gasteiger partial charge in [0, 0.05) is 0 Å². The van der Waals surface area contributed by atoms with Gasteiger partial charge in [0.15, 0.2) is 0 Å². The Morgan fingerprint density at radius 2 is 1.79 bits per heavy atom. The Labute approximate surface area is 90.8 Å². The summed E-state index contributed by atoms with van der Waals surface area (Å²) in [5.74, 6) is 1.75. The van der Waals surface area contributed by atoms with E-state index in [9.17, 15) is 0 Å². The fourth-order valence-electron chi connectivity index (χ4n) is 2.08. The van der Waals surface area contributed by atoms with Gasteiger partial charge in [-0.3, -0.25) is 0 Å². The third kappa shape index (κ3) is 5.47. The van der Waals surface area contributed by atoms with Crippen molar-refractivity contribution in [2.24, 2.45) is 11.8 Å². The van der Waals surface area contributed by atoms with E-state index >= 15 is 0 Å². The van der Waals surface area contributed by atoms with Gasteiger partial charge in [-0.05, 0) is 38.0 Å². The van der Waals surface area contributed by atoms with Gasteiger partial charge >= 0.3 is 0 Å². The minimum atomic E-state index is 0.818. The van der Waals surface area contributed by atoms with Crippen LogP contribution >= 0.6 is 0 Å². The second kappa shape index (κ2) is 8.08. The Kier molecular flexibility index (Phi) is 7.93. The van der Waals surface area contributed by atoms with Crippen molar-refractivity contribution in [1.29, 1.82) is 0 Å². The summed E-state index contributed by atoms with van der Waals surface area (Å²) >= 11 is 0. The van der Waals surface area contributed by atoms with Crippen LogP contribution in [-0.2, 0) is 0 Å². The molecule has 1 rings (SSSR count). The molecule has 0 spiro atoms. The number of rotatable bonds is 0. The van der Waals surface area contributed by atoms with E-state index in [1.807, 2.05) is 13.8 Å². The van der Waals surface area contributed by atoms with Gasteiger partial charge in [-0.1, -0.05) is 52.2 Å². The summed E-state index contributed by atoms with van der Waals surface area (Å²) in [7, 11) is 0. The molecule has 0 saturated carbocycles. The van der Waals surface area contributed by atoms with Crippen molar-refractivity contribution >= 4 is 0 Å². The zero-order valence-electron chi connectivity index (χ0n) is 10.8. The summed E-state index contributed by atoms with van der Waals surface area (Å²) in [6, 6.07) is 0. The molecule has 0 bridgehead atoms. The Balaban J connectivity index is 0.000000791. The van der Waals surface area contributed by atoms with E-state index in [0.717, 1.165) is 11.8 Å². The first-order valence-electron chi connectivity index (χ1n) is 6.37. The topological polar surface area (TPSA) is 0 Å². The molecule has 0 radical (unpaired) electrons. The Bertz CT molecular complexity index is 155. The first kappa shape index (κ1) is 13.7. The Hall–Kier alpha value is -0.260. The van der Waals surface area contributed by atoms with Crippen LogP contribution in [0.5, 0.6) is 0 Å². The average molecular weight is 196 g/mol. The zero-order valence-corrected chi connectivity index (χ0v) is 10.8. The van der Waals surface area contributed by atoms with E-state index in [1.54, 1.807) is 5.57 Å². The lowest BCUT2D eigenvalue weighted by Gasteiger charge is -2.16. The van der Waals surface area contributed by atoms with Gasteiger partial charge in [0.25, 0.3) is 0 Å². The van der Waals surface area contributed by atoms with E-state index < -0.39 is 0 Å². The van der Waals surface area contributed by atoms with Gasteiger partial charge in [0.1, 0.15) is 0 Å². The fraction of sp³-hybridized carbons (Fsp3) is 0.857. The Morgan fingerprint density at radius 1 is 1.14 bits per heavy atom. The quantitative estimate of drug-likeness (QED) is 0.467. The molecule has 0 heteroatoms. The largest absolute Gasteiger partial charge is 0.0853 e. The number of hydrogen-bond donors (Lipinski definition) is 0. The zero-order chi connectivity index (χ0) is 11.0. The highest BCUT2D eigenvalue weighted by atomic mass is 14.2. The van der Waals surface area contributed by atoms with Crippen LogP contribution in [0.25, 0.3) is 0 Å². The van der Waals surface area contributed by atoms with Crippen molar-refractivity contribution in [1.82, 2.24) is 0 Å². The highest BCUT2D eigenvalue weighted by Crippen LogP contribution is 2.25. The summed E-state index contributed by atoms with van der Waals surface area (Å²) in [6.07, 6.45) is 9.41. The van der Waals surface area contributed by atoms with Gasteiger partial charge in [0.2, 0.25) is 0 Å². The molecule has 0 heterocycles. The first-order valence-corrected chi connectivity index (χ1v) is 6.37. The van der Waals surface area contributed by atoms with Crippen LogP contribution in [0.1, 0.15) is 66.7 Å². The molecule has 0 nitrogen and oxygen atoms in total. The van der Waals surface area contributed by atoms with Crippen molar-refractivity contribution in [3.63, 3.8) is 0 Å². The van der Waals surface area contributed by atoms with Crippen LogP contribution in [0.3, 0.4) is 0 Å². The second-order valence-electron chi connectivity index (χ2n) is 4.47. The maximum atomic E-state index is 2.45. The van der Waals surface area contributed by atoms with Crippen LogP contribution in [-0.4, -0.2) is 0 Å². The standard InChI is InChI=1S/C12H22.C2H6/c1-10-7-5-4-6-8-11(2)12(3)9-10;1-2/h8,10,12H,4-7,9H2,1-3H3;1-2H3/b11-8-;. The maximum Gasteiger partial charge on any atom is -0.0232 e. The fourth-order valence-corrected chi connectivity index (χ4v) is 2.08. The van der Waals surface area contributed by atoms with E-state index in [-0.39, 0.29) is 0 Å². The van der Waals surface area contributed by atoms with Crippen molar-refractivity contribution in [2.45, 2.75) is 66.7 Å². The molecule has 84 valence electrons. The van der Waals surface area contributed by atoms with E-state index in [2.05, 4.69) is 26.8 Å². The van der Waals surface area contributed by atoms with E-state index in [0.29, 0.717) is 0 Å². The smallest absolute Gasteiger partial charge is 0.0232 e. The van der Waals surface area contributed by atoms with Gasteiger partial charge in [-0.25, -0.2) is 0 Å². The maximum absolute atomic E-state index is 2.45. The van der Waals surface area contributed by atoms with Crippen LogP contribution in [0.2, 0.25) is 0 Å². The van der Waals surface area contributed by atoms with Crippen molar-refractivity contribution in [2.75, 3.05) is 0 Å². The number of allylic oxidation sites excluding steroid dienone is 2. The third-order valence-corrected chi connectivity index (χ3v) is 3.15. The lowest BCUT2D eigenvalue weighted by atomic mass is 9.90. The van der Waals surface area contributed by atoms with Crippen LogP contribution in [0.15, 0.2) is 11.6 Å². The molecule has 0 N–H and O–H groups in total. The van der Waals surface area contributed by atoms with Crippen LogP contribution < -0.4 is 0 Å². The molecule has 2 atom stereocenters. The molecule has 14 heavy (non-hydrogen) atoms. The second-order valence-corrected chi connectivity index (χ2v) is 4.47. The van der Waals surface area contributed by atoms with Gasteiger partial charge in [-0.2, -0.15) is 0 Å². The van der Waals surface area contributed by atoms with Crippen LogP contribution in [0.4, 0.5) is 0 Å².